The van der Waals surface area contributed by atoms with Crippen LogP contribution in [0.25, 0.3) is 132 Å². The summed E-state index contributed by atoms with van der Waals surface area (Å²) in [6, 6.07) is 97.0. The summed E-state index contributed by atoms with van der Waals surface area (Å²) in [7, 11) is 0. The highest BCUT2D eigenvalue weighted by Gasteiger charge is 2.21. The van der Waals surface area contributed by atoms with Crippen LogP contribution in [0.1, 0.15) is 0 Å². The van der Waals surface area contributed by atoms with Crippen molar-refractivity contribution >= 4 is 43.3 Å². The summed E-state index contributed by atoms with van der Waals surface area (Å²) in [6.45, 7) is 0. The first-order chi connectivity index (χ1) is 34.2. The molecule has 1 aromatic heterocycles. The molecule has 0 bridgehead atoms. The minimum atomic E-state index is 0.874. The summed E-state index contributed by atoms with van der Waals surface area (Å²) in [5, 5.41) is 8.48. The summed E-state index contributed by atoms with van der Waals surface area (Å²) in [6.07, 6.45) is 0. The van der Waals surface area contributed by atoms with Crippen molar-refractivity contribution in [1.29, 1.82) is 0 Å². The van der Waals surface area contributed by atoms with E-state index in [9.17, 15) is 0 Å². The first-order valence-electron chi connectivity index (χ1n) is 23.7. The third-order valence-corrected chi connectivity index (χ3v) is 13.9. The lowest BCUT2D eigenvalue weighted by atomic mass is 9.83. The fraction of sp³-hybridized carbons (Fsp3) is 0. The number of hydrogen-bond donors (Lipinski definition) is 0. The van der Waals surface area contributed by atoms with Crippen molar-refractivity contribution in [3.05, 3.63) is 267 Å². The molecular weight excluding hydrogens is 833 g/mol. The maximum absolute atomic E-state index is 6.65. The van der Waals surface area contributed by atoms with E-state index >= 15 is 0 Å². The van der Waals surface area contributed by atoms with Gasteiger partial charge >= 0.3 is 0 Å². The highest BCUT2D eigenvalue weighted by atomic mass is 16.3. The molecule has 12 aromatic carbocycles. The molecule has 0 amide bonds. The molecule has 0 aliphatic rings. The Balaban J connectivity index is 0.994. The van der Waals surface area contributed by atoms with Gasteiger partial charge in [0, 0.05) is 16.5 Å². The second kappa shape index (κ2) is 17.0. The molecule has 0 N–H and O–H groups in total. The Labute approximate surface area is 401 Å². The van der Waals surface area contributed by atoms with Crippen molar-refractivity contribution < 1.29 is 4.42 Å². The molecule has 1 nitrogen and oxygen atoms in total. The molecule has 0 fully saturated rings. The first kappa shape index (κ1) is 40.3. The lowest BCUT2D eigenvalue weighted by Crippen LogP contribution is -1.93. The Hall–Kier alpha value is -9.04. The predicted molar refractivity (Wildman–Crippen MR) is 292 cm³/mol. The zero-order valence-electron chi connectivity index (χ0n) is 37.8. The van der Waals surface area contributed by atoms with Gasteiger partial charge in [-0.1, -0.05) is 237 Å². The SMILES string of the molecule is c1ccc(-c2ccc3c(-c4ccc(-c5ccc6oc(-c7ccccc7)c(-c7ccccc7)c6c5)cc4)c4cc(-c5ccccc5)ccc4c(-c4ccc(-c5ccc6ccccc6c5)cc4)c3c2)cc1. The highest BCUT2D eigenvalue weighted by molar-refractivity contribution is 6.22. The summed E-state index contributed by atoms with van der Waals surface area (Å²) in [5.41, 5.74) is 18.5. The van der Waals surface area contributed by atoms with E-state index in [0.717, 1.165) is 44.5 Å². The minimum absolute atomic E-state index is 0.874. The molecule has 1 heterocycles. The van der Waals surface area contributed by atoms with E-state index in [-0.39, 0.29) is 0 Å². The standard InChI is InChI=1S/C68H44O/c1-5-15-45(16-6-1)56-36-39-60-61(42-56)65(51-30-25-48(26-31-51)55-34-29-47-19-13-14-24-54(47)41-55)59-38-35-57(46-17-7-2-8-18-46)43-62(59)66(60)52-32-27-49(28-33-52)58-37-40-64-63(44-58)67(50-20-9-3-10-21-50)68(69-64)53-22-11-4-12-23-53/h1-44H. The van der Waals surface area contributed by atoms with Crippen LogP contribution in [0.4, 0.5) is 0 Å². The van der Waals surface area contributed by atoms with Crippen LogP contribution in [0.15, 0.2) is 271 Å². The van der Waals surface area contributed by atoms with E-state index in [4.69, 9.17) is 4.42 Å². The molecule has 0 atom stereocenters. The normalized spacial score (nSPS) is 11.5. The molecule has 0 spiro atoms. The van der Waals surface area contributed by atoms with Gasteiger partial charge in [0.25, 0.3) is 0 Å². The molecule has 13 rings (SSSR count). The van der Waals surface area contributed by atoms with Gasteiger partial charge in [-0.15, -0.1) is 0 Å². The molecule has 0 unspecified atom stereocenters. The molecule has 13 aromatic rings. The topological polar surface area (TPSA) is 13.1 Å². The van der Waals surface area contributed by atoms with Crippen molar-refractivity contribution in [1.82, 2.24) is 0 Å². The maximum atomic E-state index is 6.65. The molecule has 69 heavy (non-hydrogen) atoms. The molecule has 0 aliphatic carbocycles. The number of furan rings is 1. The Kier molecular flexibility index (Phi) is 9.91. The second-order valence-corrected chi connectivity index (χ2v) is 18.0. The fourth-order valence-corrected chi connectivity index (χ4v) is 10.5. The Bertz CT molecular complexity index is 4000. The van der Waals surface area contributed by atoms with Crippen LogP contribution in [0, 0.1) is 0 Å². The Morgan fingerprint density at radius 1 is 0.188 bits per heavy atom. The van der Waals surface area contributed by atoms with E-state index in [1.165, 1.54) is 88.0 Å². The van der Waals surface area contributed by atoms with Crippen LogP contribution in [-0.2, 0) is 0 Å². The van der Waals surface area contributed by atoms with Gasteiger partial charge in [0.15, 0.2) is 0 Å². The number of benzene rings is 12. The van der Waals surface area contributed by atoms with Crippen LogP contribution < -0.4 is 0 Å². The summed E-state index contributed by atoms with van der Waals surface area (Å²) in [4.78, 5) is 0. The molecular formula is C68H44O. The van der Waals surface area contributed by atoms with Gasteiger partial charge in [-0.2, -0.15) is 0 Å². The van der Waals surface area contributed by atoms with Gasteiger partial charge in [-0.25, -0.2) is 0 Å². The lowest BCUT2D eigenvalue weighted by molar-refractivity contribution is 0.632. The quantitative estimate of drug-likeness (QED) is 0.139. The smallest absolute Gasteiger partial charge is 0.143 e. The zero-order valence-corrected chi connectivity index (χ0v) is 37.8. The summed E-state index contributed by atoms with van der Waals surface area (Å²) >= 11 is 0. The fourth-order valence-electron chi connectivity index (χ4n) is 10.5. The Morgan fingerprint density at radius 2 is 0.536 bits per heavy atom. The van der Waals surface area contributed by atoms with Crippen LogP contribution in [-0.4, -0.2) is 0 Å². The Morgan fingerprint density at radius 3 is 1.06 bits per heavy atom. The monoisotopic (exact) mass is 876 g/mol. The number of rotatable bonds is 8. The minimum Gasteiger partial charge on any atom is -0.455 e. The van der Waals surface area contributed by atoms with E-state index in [2.05, 4.69) is 261 Å². The van der Waals surface area contributed by atoms with Crippen LogP contribution in [0.3, 0.4) is 0 Å². The largest absolute Gasteiger partial charge is 0.455 e. The third-order valence-electron chi connectivity index (χ3n) is 13.9. The van der Waals surface area contributed by atoms with Gasteiger partial charge in [-0.3, -0.25) is 0 Å². The van der Waals surface area contributed by atoms with E-state index in [1.54, 1.807) is 0 Å². The molecule has 0 saturated heterocycles. The van der Waals surface area contributed by atoms with E-state index < -0.39 is 0 Å². The van der Waals surface area contributed by atoms with E-state index in [1.807, 2.05) is 6.07 Å². The maximum Gasteiger partial charge on any atom is 0.143 e. The average molecular weight is 877 g/mol. The number of fused-ring (bicyclic) bond motifs is 4. The third kappa shape index (κ3) is 7.29. The van der Waals surface area contributed by atoms with Crippen molar-refractivity contribution in [2.24, 2.45) is 0 Å². The van der Waals surface area contributed by atoms with Gasteiger partial charge in [0.2, 0.25) is 0 Å². The molecule has 1 heteroatoms. The van der Waals surface area contributed by atoms with Gasteiger partial charge in [-0.05, 0) is 135 Å². The van der Waals surface area contributed by atoms with Gasteiger partial charge < -0.3 is 4.42 Å². The van der Waals surface area contributed by atoms with Gasteiger partial charge in [0.05, 0.1) is 0 Å². The molecule has 322 valence electrons. The van der Waals surface area contributed by atoms with Crippen molar-refractivity contribution in [3.63, 3.8) is 0 Å². The first-order valence-corrected chi connectivity index (χ1v) is 23.7. The summed E-state index contributed by atoms with van der Waals surface area (Å²) in [5.74, 6) is 0.887. The van der Waals surface area contributed by atoms with E-state index in [0.29, 0.717) is 0 Å². The zero-order chi connectivity index (χ0) is 45.7. The van der Waals surface area contributed by atoms with Crippen molar-refractivity contribution in [3.8, 4) is 89.2 Å². The second-order valence-electron chi connectivity index (χ2n) is 18.0. The average Bonchev–Trinajstić information content (AvgIpc) is 3.82. The van der Waals surface area contributed by atoms with Crippen LogP contribution >= 0.6 is 0 Å². The lowest BCUT2D eigenvalue weighted by Gasteiger charge is -2.20. The molecule has 0 aliphatic heterocycles. The van der Waals surface area contributed by atoms with Crippen LogP contribution in [0.5, 0.6) is 0 Å². The highest BCUT2D eigenvalue weighted by Crippen LogP contribution is 2.47. The predicted octanol–water partition coefficient (Wildman–Crippen LogP) is 19.2. The number of hydrogen-bond acceptors (Lipinski definition) is 1. The molecule has 0 saturated carbocycles. The van der Waals surface area contributed by atoms with Crippen molar-refractivity contribution in [2.45, 2.75) is 0 Å². The molecule has 0 radical (unpaired) electrons. The van der Waals surface area contributed by atoms with Crippen molar-refractivity contribution in [2.75, 3.05) is 0 Å². The van der Waals surface area contributed by atoms with Crippen LogP contribution in [0.2, 0.25) is 0 Å². The van der Waals surface area contributed by atoms with Gasteiger partial charge in [0.1, 0.15) is 11.3 Å². The summed E-state index contributed by atoms with van der Waals surface area (Å²) < 4.78 is 6.65.